The molecule has 2 aromatic carbocycles. The molecule has 1 fully saturated rings. The number of anilines is 1. The van der Waals surface area contributed by atoms with E-state index in [4.69, 9.17) is 5.11 Å². The van der Waals surface area contributed by atoms with Crippen LogP contribution in [0, 0.1) is 18.8 Å². The number of nitrogens with zero attached hydrogens (tertiary/aromatic N) is 1. The Kier molecular flexibility index (Phi) is 6.01. The average Bonchev–Trinajstić information content (AvgIpc) is 2.68. The molecule has 2 unspecified atom stereocenters. The third-order valence-corrected chi connectivity index (χ3v) is 5.26. The van der Waals surface area contributed by atoms with Crippen molar-refractivity contribution in [3.63, 3.8) is 0 Å². The molecule has 152 valence electrons. The minimum Gasteiger partial charge on any atom is -0.478 e. The number of likely N-dealkylation sites (tertiary alicyclic amines) is 1. The number of hydrogen-bond acceptors (Lipinski definition) is 3. The highest BCUT2D eigenvalue weighted by Gasteiger charge is 2.26. The van der Waals surface area contributed by atoms with Gasteiger partial charge in [0.25, 0.3) is 11.8 Å². The number of nitrogens with one attached hydrogen (secondary N) is 1. The van der Waals surface area contributed by atoms with Crippen LogP contribution in [0.4, 0.5) is 5.69 Å². The molecular formula is C23H26N2O4. The minimum atomic E-state index is -1.09. The maximum Gasteiger partial charge on any atom is 0.335 e. The van der Waals surface area contributed by atoms with Crippen molar-refractivity contribution in [1.29, 1.82) is 0 Å². The maximum atomic E-state index is 13.0. The number of hydrogen-bond donors (Lipinski definition) is 2. The van der Waals surface area contributed by atoms with Gasteiger partial charge in [0.2, 0.25) is 0 Å². The number of aryl methyl sites for hydroxylation is 1. The molecule has 0 spiro atoms. The first kappa shape index (κ1) is 20.6. The van der Waals surface area contributed by atoms with E-state index < -0.39 is 11.9 Å². The van der Waals surface area contributed by atoms with Crippen molar-refractivity contribution in [2.75, 3.05) is 18.4 Å². The molecule has 2 atom stereocenters. The summed E-state index contributed by atoms with van der Waals surface area (Å²) in [6, 6.07) is 11.1. The third kappa shape index (κ3) is 4.83. The fraction of sp³-hybridized carbons (Fsp3) is 0.348. The molecule has 1 aliphatic rings. The van der Waals surface area contributed by atoms with Gasteiger partial charge in [-0.25, -0.2) is 4.79 Å². The monoisotopic (exact) mass is 394 g/mol. The number of carbonyl (C=O) groups is 3. The Hall–Kier alpha value is -3.15. The molecule has 0 saturated carbocycles. The molecule has 1 aliphatic heterocycles. The van der Waals surface area contributed by atoms with Crippen LogP contribution in [-0.2, 0) is 0 Å². The number of carboxylic acid groups (broad SMARTS) is 1. The average molecular weight is 394 g/mol. The maximum absolute atomic E-state index is 13.0. The largest absolute Gasteiger partial charge is 0.478 e. The second-order valence-corrected chi connectivity index (χ2v) is 8.03. The fourth-order valence-electron chi connectivity index (χ4n) is 3.89. The molecule has 0 radical (unpaired) electrons. The van der Waals surface area contributed by atoms with Crippen molar-refractivity contribution in [3.05, 3.63) is 64.7 Å². The summed E-state index contributed by atoms with van der Waals surface area (Å²) in [6.07, 6.45) is 1.12. The van der Waals surface area contributed by atoms with Gasteiger partial charge in [-0.15, -0.1) is 0 Å². The molecule has 6 heteroatoms. The SMILES string of the molecule is Cc1ccc(C(=O)N2CC(C)CC(C)C2)cc1NC(=O)c1cccc(C(=O)O)c1. The highest BCUT2D eigenvalue weighted by Crippen LogP contribution is 2.24. The molecule has 0 aromatic heterocycles. The Morgan fingerprint density at radius 2 is 1.62 bits per heavy atom. The Labute approximate surface area is 170 Å². The number of aromatic carboxylic acids is 1. The van der Waals surface area contributed by atoms with Crippen LogP contribution in [-0.4, -0.2) is 40.9 Å². The standard InChI is InChI=1S/C23H26N2O4/c1-14-9-15(2)13-25(12-14)22(27)18-8-7-16(3)20(11-18)24-21(26)17-5-4-6-19(10-17)23(28)29/h4-8,10-11,14-15H,9,12-13H2,1-3H3,(H,24,26)(H,28,29). The summed E-state index contributed by atoms with van der Waals surface area (Å²) >= 11 is 0. The predicted octanol–water partition coefficient (Wildman–Crippen LogP) is 4.06. The van der Waals surface area contributed by atoms with Crippen LogP contribution >= 0.6 is 0 Å². The molecule has 2 N–H and O–H groups in total. The molecule has 0 aliphatic carbocycles. The summed E-state index contributed by atoms with van der Waals surface area (Å²) in [5.74, 6) is -0.608. The Balaban J connectivity index is 1.80. The number of carbonyl (C=O) groups excluding carboxylic acids is 2. The minimum absolute atomic E-state index is 0.0354. The fourth-order valence-corrected chi connectivity index (χ4v) is 3.89. The Morgan fingerprint density at radius 1 is 0.966 bits per heavy atom. The highest BCUT2D eigenvalue weighted by atomic mass is 16.4. The summed E-state index contributed by atoms with van der Waals surface area (Å²) in [4.78, 5) is 38.6. The molecule has 3 rings (SSSR count). The van der Waals surface area contributed by atoms with Gasteiger partial charge < -0.3 is 15.3 Å². The lowest BCUT2D eigenvalue weighted by atomic mass is 9.91. The predicted molar refractivity (Wildman–Crippen MR) is 111 cm³/mol. The van der Waals surface area contributed by atoms with E-state index in [2.05, 4.69) is 19.2 Å². The van der Waals surface area contributed by atoms with Gasteiger partial charge in [0.1, 0.15) is 0 Å². The number of carboxylic acids is 1. The normalized spacial score (nSPS) is 18.9. The molecule has 29 heavy (non-hydrogen) atoms. The number of amides is 2. The van der Waals surface area contributed by atoms with Gasteiger partial charge in [0.15, 0.2) is 0 Å². The van der Waals surface area contributed by atoms with Crippen LogP contribution in [0.2, 0.25) is 0 Å². The molecular weight excluding hydrogens is 368 g/mol. The van der Waals surface area contributed by atoms with Crippen LogP contribution in [0.3, 0.4) is 0 Å². The van der Waals surface area contributed by atoms with Crippen molar-refractivity contribution < 1.29 is 19.5 Å². The lowest BCUT2D eigenvalue weighted by Gasteiger charge is -2.35. The van der Waals surface area contributed by atoms with E-state index in [1.54, 1.807) is 18.2 Å². The summed E-state index contributed by atoms with van der Waals surface area (Å²) in [5.41, 5.74) is 2.20. The van der Waals surface area contributed by atoms with Gasteiger partial charge in [-0.05, 0) is 61.1 Å². The zero-order chi connectivity index (χ0) is 21.1. The van der Waals surface area contributed by atoms with Crippen molar-refractivity contribution >= 4 is 23.5 Å². The van der Waals surface area contributed by atoms with Gasteiger partial charge >= 0.3 is 5.97 Å². The molecule has 1 heterocycles. The first-order chi connectivity index (χ1) is 13.7. The third-order valence-electron chi connectivity index (χ3n) is 5.26. The van der Waals surface area contributed by atoms with Gasteiger partial charge in [-0.1, -0.05) is 26.0 Å². The smallest absolute Gasteiger partial charge is 0.335 e. The van der Waals surface area contributed by atoms with E-state index in [9.17, 15) is 14.4 Å². The van der Waals surface area contributed by atoms with E-state index in [0.29, 0.717) is 23.1 Å². The first-order valence-electron chi connectivity index (χ1n) is 9.79. The molecule has 2 aromatic rings. The van der Waals surface area contributed by atoms with Crippen LogP contribution in [0.1, 0.15) is 56.9 Å². The van der Waals surface area contributed by atoms with Crippen molar-refractivity contribution in [3.8, 4) is 0 Å². The van der Waals surface area contributed by atoms with E-state index in [1.807, 2.05) is 17.9 Å². The van der Waals surface area contributed by atoms with E-state index in [0.717, 1.165) is 25.1 Å². The molecule has 1 saturated heterocycles. The molecule has 0 bridgehead atoms. The zero-order valence-electron chi connectivity index (χ0n) is 16.9. The molecule has 6 nitrogen and oxygen atoms in total. The summed E-state index contributed by atoms with van der Waals surface area (Å²) in [6.45, 7) is 7.63. The van der Waals surface area contributed by atoms with Crippen LogP contribution in [0.25, 0.3) is 0 Å². The van der Waals surface area contributed by atoms with Gasteiger partial charge in [0.05, 0.1) is 5.56 Å². The van der Waals surface area contributed by atoms with Crippen molar-refractivity contribution in [2.45, 2.75) is 27.2 Å². The summed E-state index contributed by atoms with van der Waals surface area (Å²) < 4.78 is 0. The van der Waals surface area contributed by atoms with Crippen LogP contribution in [0.5, 0.6) is 0 Å². The second-order valence-electron chi connectivity index (χ2n) is 8.03. The zero-order valence-corrected chi connectivity index (χ0v) is 16.9. The highest BCUT2D eigenvalue weighted by molar-refractivity contribution is 6.06. The summed E-state index contributed by atoms with van der Waals surface area (Å²) in [7, 11) is 0. The van der Waals surface area contributed by atoms with Gasteiger partial charge in [0, 0.05) is 29.9 Å². The lowest BCUT2D eigenvalue weighted by molar-refractivity contribution is 0.0622. The van der Waals surface area contributed by atoms with Crippen LogP contribution < -0.4 is 5.32 Å². The quantitative estimate of drug-likeness (QED) is 0.819. The number of piperidine rings is 1. The van der Waals surface area contributed by atoms with Crippen molar-refractivity contribution in [1.82, 2.24) is 4.90 Å². The van der Waals surface area contributed by atoms with Gasteiger partial charge in [-0.3, -0.25) is 9.59 Å². The van der Waals surface area contributed by atoms with Gasteiger partial charge in [-0.2, -0.15) is 0 Å². The second kappa shape index (κ2) is 8.47. The topological polar surface area (TPSA) is 86.7 Å². The first-order valence-corrected chi connectivity index (χ1v) is 9.79. The van der Waals surface area contributed by atoms with E-state index in [1.165, 1.54) is 18.2 Å². The lowest BCUT2D eigenvalue weighted by Crippen LogP contribution is -2.42. The van der Waals surface area contributed by atoms with Crippen molar-refractivity contribution in [2.24, 2.45) is 11.8 Å². The Bertz CT molecular complexity index is 944. The number of benzene rings is 2. The number of rotatable bonds is 4. The summed E-state index contributed by atoms with van der Waals surface area (Å²) in [5, 5.41) is 11.9. The molecule has 2 amide bonds. The Morgan fingerprint density at radius 3 is 2.28 bits per heavy atom. The van der Waals surface area contributed by atoms with E-state index in [-0.39, 0.29) is 17.0 Å². The van der Waals surface area contributed by atoms with E-state index >= 15 is 0 Å². The van der Waals surface area contributed by atoms with Crippen LogP contribution in [0.15, 0.2) is 42.5 Å².